The van der Waals surface area contributed by atoms with Crippen LogP contribution in [0.4, 0.5) is 0 Å². The Kier molecular flexibility index (Phi) is 8.01. The minimum atomic E-state index is -0.837. The van der Waals surface area contributed by atoms with Crippen molar-refractivity contribution in [1.29, 1.82) is 0 Å². The van der Waals surface area contributed by atoms with Gasteiger partial charge in [-0.2, -0.15) is 0 Å². The number of nitrogens with zero attached hydrogens (tertiary/aromatic N) is 1. The Hall–Kier alpha value is -4.78. The Bertz CT molecular complexity index is 1520. The minimum absolute atomic E-state index is 0.0205. The number of rotatable bonds is 11. The van der Waals surface area contributed by atoms with Crippen LogP contribution < -0.4 is 9.47 Å². The minimum Gasteiger partial charge on any atom is -0.503 e. The van der Waals surface area contributed by atoms with E-state index in [-0.39, 0.29) is 11.3 Å². The molecule has 0 saturated carbocycles. The molecule has 1 aliphatic rings. The number of aryl methyl sites for hydroxylation is 1. The third-order valence-corrected chi connectivity index (χ3v) is 6.82. The van der Waals surface area contributed by atoms with E-state index in [1.54, 1.807) is 37.3 Å². The second-order valence-corrected chi connectivity index (χ2v) is 9.55. The van der Waals surface area contributed by atoms with Gasteiger partial charge in [0.15, 0.2) is 23.0 Å². The molecule has 1 aliphatic heterocycles. The van der Waals surface area contributed by atoms with Crippen LogP contribution >= 0.6 is 0 Å². The summed E-state index contributed by atoms with van der Waals surface area (Å²) in [6.07, 6.45) is 0.550. The highest BCUT2D eigenvalue weighted by molar-refractivity contribution is 6.15. The van der Waals surface area contributed by atoms with Gasteiger partial charge in [-0.15, -0.1) is 0 Å². The molecule has 0 bridgehead atoms. The van der Waals surface area contributed by atoms with E-state index in [0.29, 0.717) is 49.0 Å². The summed E-state index contributed by atoms with van der Waals surface area (Å²) in [4.78, 5) is 28.5. The summed E-state index contributed by atoms with van der Waals surface area (Å²) < 4.78 is 17.6. The number of hydrogen-bond donors (Lipinski definition) is 1. The van der Waals surface area contributed by atoms with Crippen LogP contribution in [0.5, 0.6) is 11.5 Å². The molecule has 0 saturated heterocycles. The largest absolute Gasteiger partial charge is 0.503 e. The van der Waals surface area contributed by atoms with Crippen LogP contribution in [0.2, 0.25) is 0 Å². The number of ketones is 1. The Morgan fingerprint density at radius 3 is 2.25 bits per heavy atom. The number of aliphatic hydroxyl groups excluding tert-OH is 1. The molecule has 0 spiro atoms. The second-order valence-electron chi connectivity index (χ2n) is 9.55. The van der Waals surface area contributed by atoms with E-state index >= 15 is 0 Å². The highest BCUT2D eigenvalue weighted by atomic mass is 16.5. The third kappa shape index (κ3) is 5.64. The van der Waals surface area contributed by atoms with Crippen LogP contribution in [0, 0.1) is 6.92 Å². The fraction of sp³-hybridized carbons (Fsp3) is 0.212. The molecule has 7 nitrogen and oxygen atoms in total. The summed E-state index contributed by atoms with van der Waals surface area (Å²) in [5.41, 5.74) is 2.65. The van der Waals surface area contributed by atoms with Crippen molar-refractivity contribution >= 4 is 11.7 Å². The van der Waals surface area contributed by atoms with Gasteiger partial charge in [-0.3, -0.25) is 9.59 Å². The summed E-state index contributed by atoms with van der Waals surface area (Å²) >= 11 is 0. The van der Waals surface area contributed by atoms with Gasteiger partial charge in [0.05, 0.1) is 18.2 Å². The number of hydrogen-bond acceptors (Lipinski definition) is 6. The Morgan fingerprint density at radius 2 is 1.60 bits per heavy atom. The van der Waals surface area contributed by atoms with Gasteiger partial charge in [-0.1, -0.05) is 66.7 Å². The van der Waals surface area contributed by atoms with Crippen molar-refractivity contribution < 1.29 is 28.6 Å². The van der Waals surface area contributed by atoms with Crippen LogP contribution in [0.15, 0.2) is 107 Å². The lowest BCUT2D eigenvalue weighted by atomic mass is 9.94. The van der Waals surface area contributed by atoms with Crippen LogP contribution in [-0.4, -0.2) is 34.8 Å². The molecule has 4 aromatic rings. The molecule has 1 unspecified atom stereocenters. The summed E-state index contributed by atoms with van der Waals surface area (Å²) in [5, 5.41) is 11.0. The fourth-order valence-electron chi connectivity index (χ4n) is 4.86. The standard InChI is InChI=1S/C33H31NO6/c1-3-38-28-20-25(15-17-26(28)39-21-24-12-8-5-9-13-24)30-29(31(35)27-16-14-22(2)40-27)32(36)33(37)34(30)19-18-23-10-6-4-7-11-23/h4-17,20,30,36H,3,18-19,21H2,1-2H3. The molecule has 204 valence electrons. The van der Waals surface area contributed by atoms with Crippen molar-refractivity contribution in [3.63, 3.8) is 0 Å². The summed E-state index contributed by atoms with van der Waals surface area (Å²) in [7, 11) is 0. The molecular formula is C33H31NO6. The van der Waals surface area contributed by atoms with Gasteiger partial charge in [0.2, 0.25) is 5.78 Å². The number of Topliss-reactive ketones (excluding diaryl/α,β-unsaturated/α-hetero) is 1. The molecular weight excluding hydrogens is 506 g/mol. The van der Waals surface area contributed by atoms with Gasteiger partial charge in [0, 0.05) is 6.54 Å². The van der Waals surface area contributed by atoms with Crippen molar-refractivity contribution in [2.75, 3.05) is 13.2 Å². The predicted octanol–water partition coefficient (Wildman–Crippen LogP) is 6.39. The van der Waals surface area contributed by atoms with Gasteiger partial charge in [0.25, 0.3) is 5.91 Å². The van der Waals surface area contributed by atoms with Crippen LogP contribution in [0.25, 0.3) is 0 Å². The molecule has 5 rings (SSSR count). The average Bonchev–Trinajstić information content (AvgIpc) is 3.52. The lowest BCUT2D eigenvalue weighted by Gasteiger charge is -2.27. The van der Waals surface area contributed by atoms with Crippen molar-refractivity contribution in [2.24, 2.45) is 0 Å². The Morgan fingerprint density at radius 1 is 0.900 bits per heavy atom. The summed E-state index contributed by atoms with van der Waals surface area (Å²) in [5.74, 6) is -0.0582. The number of aliphatic hydroxyl groups is 1. The smallest absolute Gasteiger partial charge is 0.290 e. The second kappa shape index (κ2) is 11.9. The van der Waals surface area contributed by atoms with E-state index < -0.39 is 23.5 Å². The zero-order valence-corrected chi connectivity index (χ0v) is 22.5. The van der Waals surface area contributed by atoms with E-state index in [4.69, 9.17) is 13.9 Å². The molecule has 0 aliphatic carbocycles. The molecule has 1 amide bonds. The summed E-state index contributed by atoms with van der Waals surface area (Å²) in [6.45, 7) is 4.65. The van der Waals surface area contributed by atoms with Gasteiger partial charge in [0.1, 0.15) is 12.4 Å². The Labute approximate surface area is 233 Å². The molecule has 1 aromatic heterocycles. The van der Waals surface area contributed by atoms with Gasteiger partial charge in [-0.25, -0.2) is 0 Å². The SMILES string of the molecule is CCOc1cc(C2C(C(=O)c3ccc(C)o3)=C(O)C(=O)N2CCc2ccccc2)ccc1OCc1ccccc1. The average molecular weight is 538 g/mol. The zero-order chi connectivity index (χ0) is 28.1. The number of ether oxygens (including phenoxy) is 2. The van der Waals surface area contributed by atoms with E-state index in [0.717, 1.165) is 11.1 Å². The first-order chi connectivity index (χ1) is 19.5. The number of amides is 1. The fourth-order valence-corrected chi connectivity index (χ4v) is 4.86. The first kappa shape index (κ1) is 26.8. The molecule has 7 heteroatoms. The first-order valence-corrected chi connectivity index (χ1v) is 13.3. The maximum Gasteiger partial charge on any atom is 0.290 e. The van der Waals surface area contributed by atoms with Gasteiger partial charge in [-0.05, 0) is 61.2 Å². The van der Waals surface area contributed by atoms with Crippen molar-refractivity contribution in [1.82, 2.24) is 4.90 Å². The molecule has 1 N–H and O–H groups in total. The molecule has 40 heavy (non-hydrogen) atoms. The third-order valence-electron chi connectivity index (χ3n) is 6.82. The molecule has 3 aromatic carbocycles. The highest BCUT2D eigenvalue weighted by Crippen LogP contribution is 2.42. The monoisotopic (exact) mass is 537 g/mol. The van der Waals surface area contributed by atoms with Crippen molar-refractivity contribution in [3.05, 3.63) is 131 Å². The predicted molar refractivity (Wildman–Crippen MR) is 150 cm³/mol. The van der Waals surface area contributed by atoms with Crippen LogP contribution in [0.1, 0.15) is 46.0 Å². The normalized spacial score (nSPS) is 15.0. The first-order valence-electron chi connectivity index (χ1n) is 13.3. The number of carbonyl (C=O) groups is 2. The highest BCUT2D eigenvalue weighted by Gasteiger charge is 2.44. The molecule has 0 fully saturated rings. The number of carbonyl (C=O) groups excluding carboxylic acids is 2. The lowest BCUT2D eigenvalue weighted by Crippen LogP contribution is -2.33. The topological polar surface area (TPSA) is 89.2 Å². The van der Waals surface area contributed by atoms with Crippen LogP contribution in [0.3, 0.4) is 0 Å². The quantitative estimate of drug-likeness (QED) is 0.223. The molecule has 1 atom stereocenters. The number of benzene rings is 3. The molecule has 2 heterocycles. The van der Waals surface area contributed by atoms with E-state index in [1.165, 1.54) is 4.90 Å². The zero-order valence-electron chi connectivity index (χ0n) is 22.5. The van der Waals surface area contributed by atoms with E-state index in [1.807, 2.05) is 67.6 Å². The summed E-state index contributed by atoms with van der Waals surface area (Å²) in [6, 6.07) is 27.3. The molecule has 0 radical (unpaired) electrons. The lowest BCUT2D eigenvalue weighted by molar-refractivity contribution is -0.129. The van der Waals surface area contributed by atoms with E-state index in [2.05, 4.69) is 0 Å². The number of furan rings is 1. The van der Waals surface area contributed by atoms with Crippen molar-refractivity contribution in [3.8, 4) is 11.5 Å². The maximum absolute atomic E-state index is 13.6. The van der Waals surface area contributed by atoms with Crippen molar-refractivity contribution in [2.45, 2.75) is 32.9 Å². The van der Waals surface area contributed by atoms with Gasteiger partial charge >= 0.3 is 0 Å². The van der Waals surface area contributed by atoms with Crippen LogP contribution in [-0.2, 0) is 17.8 Å². The van der Waals surface area contributed by atoms with E-state index in [9.17, 15) is 14.7 Å². The maximum atomic E-state index is 13.6. The Balaban J connectivity index is 1.51. The van der Waals surface area contributed by atoms with Gasteiger partial charge < -0.3 is 23.9 Å².